The number of rotatable bonds is 6. The second kappa shape index (κ2) is 8.15. The first-order valence-electron chi connectivity index (χ1n) is 10.1. The molecule has 1 aliphatic rings. The van der Waals surface area contributed by atoms with Crippen molar-refractivity contribution in [2.24, 2.45) is 11.8 Å². The number of anilines is 1. The van der Waals surface area contributed by atoms with Crippen LogP contribution >= 0.6 is 0 Å². The van der Waals surface area contributed by atoms with Crippen LogP contribution in [0.3, 0.4) is 0 Å². The Balaban J connectivity index is 1.97. The maximum absolute atomic E-state index is 13.1. The smallest absolute Gasteiger partial charge is 0.270 e. The van der Waals surface area contributed by atoms with Crippen LogP contribution in [0.15, 0.2) is 24.3 Å². The number of aromatic nitrogens is 1. The molecule has 1 aromatic heterocycles. The minimum absolute atomic E-state index is 0.00181. The fraction of sp³-hybridized carbons (Fsp3) is 0.545. The molecular formula is C22H31N3O2. The van der Waals surface area contributed by atoms with Gasteiger partial charge >= 0.3 is 0 Å². The molecular weight excluding hydrogens is 338 g/mol. The average molecular weight is 370 g/mol. The van der Waals surface area contributed by atoms with E-state index >= 15 is 0 Å². The third kappa shape index (κ3) is 4.34. The minimum atomic E-state index is -0.0661. The number of fused-ring (bicyclic) bond motifs is 1. The van der Waals surface area contributed by atoms with Crippen molar-refractivity contribution < 1.29 is 9.59 Å². The van der Waals surface area contributed by atoms with Crippen molar-refractivity contribution in [2.75, 3.05) is 18.4 Å². The van der Waals surface area contributed by atoms with Crippen molar-refractivity contribution in [3.05, 3.63) is 30.0 Å². The standard InChI is InChI=1S/C22H31N3O2/c1-15(2)9-12-25-19-8-7-18(23-21(26)16(3)4)13-17(19)14-20(25)22(27)24-10-5-6-11-24/h7-8,13-16H,5-6,9-12H2,1-4H3,(H,23,26). The van der Waals surface area contributed by atoms with E-state index in [-0.39, 0.29) is 17.7 Å². The van der Waals surface area contributed by atoms with Crippen molar-refractivity contribution in [2.45, 2.75) is 53.5 Å². The summed E-state index contributed by atoms with van der Waals surface area (Å²) in [5.41, 5.74) is 2.60. The largest absolute Gasteiger partial charge is 0.337 e. The second-order valence-electron chi connectivity index (χ2n) is 8.28. The van der Waals surface area contributed by atoms with Gasteiger partial charge in [0.2, 0.25) is 5.91 Å². The zero-order chi connectivity index (χ0) is 19.6. The Morgan fingerprint density at radius 1 is 1.07 bits per heavy atom. The molecule has 1 aliphatic heterocycles. The van der Waals surface area contributed by atoms with Crippen molar-refractivity contribution in [1.29, 1.82) is 0 Å². The molecule has 1 N–H and O–H groups in total. The van der Waals surface area contributed by atoms with Gasteiger partial charge in [-0.25, -0.2) is 0 Å². The number of carbonyl (C=O) groups is 2. The van der Waals surface area contributed by atoms with Crippen LogP contribution in [0.4, 0.5) is 5.69 Å². The minimum Gasteiger partial charge on any atom is -0.337 e. The molecule has 2 amide bonds. The van der Waals surface area contributed by atoms with Gasteiger partial charge in [-0.2, -0.15) is 0 Å². The van der Waals surface area contributed by atoms with E-state index in [1.54, 1.807) is 0 Å². The van der Waals surface area contributed by atoms with Gasteiger partial charge in [-0.3, -0.25) is 9.59 Å². The van der Waals surface area contributed by atoms with Crippen molar-refractivity contribution in [1.82, 2.24) is 9.47 Å². The summed E-state index contributed by atoms with van der Waals surface area (Å²) in [6.07, 6.45) is 3.20. The van der Waals surface area contributed by atoms with Gasteiger partial charge in [0.05, 0.1) is 0 Å². The molecule has 0 bridgehead atoms. The molecule has 1 aromatic carbocycles. The van der Waals surface area contributed by atoms with Crippen molar-refractivity contribution in [3.8, 4) is 0 Å². The Labute approximate surface area is 161 Å². The fourth-order valence-electron chi connectivity index (χ4n) is 3.52. The lowest BCUT2D eigenvalue weighted by atomic mass is 10.1. The predicted molar refractivity (Wildman–Crippen MR) is 110 cm³/mol. The summed E-state index contributed by atoms with van der Waals surface area (Å²) in [6, 6.07) is 7.91. The van der Waals surface area contributed by atoms with Crippen LogP contribution in [0.2, 0.25) is 0 Å². The maximum atomic E-state index is 13.1. The summed E-state index contributed by atoms with van der Waals surface area (Å²) < 4.78 is 2.16. The van der Waals surface area contributed by atoms with Crippen LogP contribution in [0.1, 0.15) is 57.4 Å². The molecule has 27 heavy (non-hydrogen) atoms. The quantitative estimate of drug-likeness (QED) is 0.814. The molecule has 1 saturated heterocycles. The number of nitrogens with one attached hydrogen (secondary N) is 1. The van der Waals surface area contributed by atoms with E-state index < -0.39 is 0 Å². The molecule has 5 nitrogen and oxygen atoms in total. The Kier molecular flexibility index (Phi) is 5.88. The molecule has 5 heteroatoms. The molecule has 0 aliphatic carbocycles. The molecule has 0 radical (unpaired) electrons. The summed E-state index contributed by atoms with van der Waals surface area (Å²) in [7, 11) is 0. The number of hydrogen-bond acceptors (Lipinski definition) is 2. The lowest BCUT2D eigenvalue weighted by Gasteiger charge is -2.18. The Hall–Kier alpha value is -2.30. The van der Waals surface area contributed by atoms with Gasteiger partial charge in [-0.1, -0.05) is 27.7 Å². The third-order valence-electron chi connectivity index (χ3n) is 5.24. The number of likely N-dealkylation sites (tertiary alicyclic amines) is 1. The summed E-state index contributed by atoms with van der Waals surface area (Å²) in [4.78, 5) is 27.0. The van der Waals surface area contributed by atoms with Crippen molar-refractivity contribution in [3.63, 3.8) is 0 Å². The monoisotopic (exact) mass is 369 g/mol. The Bertz CT molecular complexity index is 829. The molecule has 0 spiro atoms. The van der Waals surface area contributed by atoms with Crippen LogP contribution in [-0.4, -0.2) is 34.4 Å². The topological polar surface area (TPSA) is 54.3 Å². The van der Waals surface area contributed by atoms with Crippen LogP contribution < -0.4 is 5.32 Å². The number of carbonyl (C=O) groups excluding carboxylic acids is 2. The van der Waals surface area contributed by atoms with E-state index in [1.165, 1.54) is 0 Å². The number of benzene rings is 1. The molecule has 146 valence electrons. The number of aryl methyl sites for hydroxylation is 1. The molecule has 1 fully saturated rings. The van der Waals surface area contributed by atoms with Gasteiger partial charge in [0.25, 0.3) is 5.91 Å². The average Bonchev–Trinajstić information content (AvgIpc) is 3.26. The first-order valence-corrected chi connectivity index (χ1v) is 10.1. The molecule has 2 aromatic rings. The highest BCUT2D eigenvalue weighted by Crippen LogP contribution is 2.26. The molecule has 0 saturated carbocycles. The molecule has 0 atom stereocenters. The lowest BCUT2D eigenvalue weighted by Crippen LogP contribution is -2.29. The zero-order valence-electron chi connectivity index (χ0n) is 16.9. The van der Waals surface area contributed by atoms with E-state index in [1.807, 2.05) is 43.0 Å². The van der Waals surface area contributed by atoms with E-state index in [0.717, 1.165) is 61.2 Å². The first kappa shape index (κ1) is 19.5. The summed E-state index contributed by atoms with van der Waals surface area (Å²) in [5.74, 6) is 0.632. The van der Waals surface area contributed by atoms with Crippen LogP contribution in [0.5, 0.6) is 0 Å². The van der Waals surface area contributed by atoms with E-state index in [9.17, 15) is 9.59 Å². The van der Waals surface area contributed by atoms with E-state index in [4.69, 9.17) is 0 Å². The summed E-state index contributed by atoms with van der Waals surface area (Å²) >= 11 is 0. The summed E-state index contributed by atoms with van der Waals surface area (Å²) in [5, 5.41) is 3.96. The summed E-state index contributed by atoms with van der Waals surface area (Å²) in [6.45, 7) is 10.7. The normalized spacial score (nSPS) is 14.5. The number of amides is 2. The highest BCUT2D eigenvalue weighted by molar-refractivity contribution is 6.00. The molecule has 2 heterocycles. The molecule has 3 rings (SSSR count). The Morgan fingerprint density at radius 3 is 2.41 bits per heavy atom. The number of nitrogens with zero attached hydrogens (tertiary/aromatic N) is 2. The van der Waals surface area contributed by atoms with Gasteiger partial charge < -0.3 is 14.8 Å². The van der Waals surface area contributed by atoms with Gasteiger partial charge in [0, 0.05) is 42.1 Å². The van der Waals surface area contributed by atoms with Gasteiger partial charge in [-0.15, -0.1) is 0 Å². The Morgan fingerprint density at radius 2 is 1.78 bits per heavy atom. The highest BCUT2D eigenvalue weighted by atomic mass is 16.2. The third-order valence-corrected chi connectivity index (χ3v) is 5.24. The van der Waals surface area contributed by atoms with Crippen LogP contribution in [0, 0.1) is 11.8 Å². The van der Waals surface area contributed by atoms with E-state index in [2.05, 4.69) is 23.7 Å². The lowest BCUT2D eigenvalue weighted by molar-refractivity contribution is -0.118. The van der Waals surface area contributed by atoms with Crippen LogP contribution in [-0.2, 0) is 11.3 Å². The van der Waals surface area contributed by atoms with Gasteiger partial charge in [0.15, 0.2) is 0 Å². The van der Waals surface area contributed by atoms with E-state index in [0.29, 0.717) is 5.92 Å². The fourth-order valence-corrected chi connectivity index (χ4v) is 3.52. The van der Waals surface area contributed by atoms with Gasteiger partial charge in [0.1, 0.15) is 5.69 Å². The molecule has 0 unspecified atom stereocenters. The number of hydrogen-bond donors (Lipinski definition) is 1. The highest BCUT2D eigenvalue weighted by Gasteiger charge is 2.24. The maximum Gasteiger partial charge on any atom is 0.270 e. The van der Waals surface area contributed by atoms with Gasteiger partial charge in [-0.05, 0) is 49.4 Å². The zero-order valence-corrected chi connectivity index (χ0v) is 16.9. The van der Waals surface area contributed by atoms with Crippen LogP contribution in [0.25, 0.3) is 10.9 Å². The van der Waals surface area contributed by atoms with Crippen molar-refractivity contribution >= 4 is 28.4 Å². The second-order valence-corrected chi connectivity index (χ2v) is 8.28. The predicted octanol–water partition coefficient (Wildman–Crippen LogP) is 4.52. The first-order chi connectivity index (χ1) is 12.9. The SMILES string of the molecule is CC(C)CCn1c(C(=O)N2CCCC2)cc2cc(NC(=O)C(C)C)ccc21.